The van der Waals surface area contributed by atoms with Crippen LogP contribution < -0.4 is 19.5 Å². The number of benzene rings is 1. The Hall–Kier alpha value is -0.101. The summed E-state index contributed by atoms with van der Waals surface area (Å²) < 4.78 is 2.93. The summed E-state index contributed by atoms with van der Waals surface area (Å²) in [7, 11) is 1.50. The van der Waals surface area contributed by atoms with Gasteiger partial charge in [-0.15, -0.1) is 0 Å². The van der Waals surface area contributed by atoms with Crippen LogP contribution in [-0.4, -0.2) is 35.4 Å². The molecule has 0 heterocycles. The van der Waals surface area contributed by atoms with E-state index in [1.807, 2.05) is 0 Å². The summed E-state index contributed by atoms with van der Waals surface area (Å²) in [6, 6.07) is 8.56. The molecule has 0 amide bonds. The molecule has 0 saturated heterocycles. The van der Waals surface area contributed by atoms with E-state index in [1.54, 1.807) is 3.58 Å². The van der Waals surface area contributed by atoms with Gasteiger partial charge in [-0.25, -0.2) is 0 Å². The van der Waals surface area contributed by atoms with Crippen molar-refractivity contribution in [3.8, 4) is 0 Å². The van der Waals surface area contributed by atoms with Gasteiger partial charge in [-0.05, 0) is 0 Å². The van der Waals surface area contributed by atoms with Gasteiger partial charge >= 0.3 is 78.2 Å². The molecular weight excluding hydrogens is 297 g/mol. The zero-order valence-corrected chi connectivity index (χ0v) is 12.5. The fourth-order valence-corrected chi connectivity index (χ4v) is 3.94. The Labute approximate surface area is 103 Å². The first-order chi connectivity index (χ1) is 7.38. The summed E-state index contributed by atoms with van der Waals surface area (Å²) in [6.07, 6.45) is 0. The van der Waals surface area contributed by atoms with Gasteiger partial charge in [-0.3, -0.25) is 0 Å². The molecule has 0 aromatic heterocycles. The Morgan fingerprint density at radius 2 is 1.67 bits per heavy atom. The molecule has 0 aliphatic heterocycles. The van der Waals surface area contributed by atoms with Gasteiger partial charge in [0.2, 0.25) is 0 Å². The topological polar surface area (TPSA) is 72.1 Å². The van der Waals surface area contributed by atoms with E-state index in [9.17, 15) is 0 Å². The summed E-state index contributed by atoms with van der Waals surface area (Å²) in [4.78, 5) is 0. The first-order valence-electron chi connectivity index (χ1n) is 4.72. The summed E-state index contributed by atoms with van der Waals surface area (Å²) in [5, 5.41) is 16.5. The van der Waals surface area contributed by atoms with E-state index in [0.717, 1.165) is 14.2 Å². The van der Waals surface area contributed by atoms with Crippen LogP contribution in [0.15, 0.2) is 24.3 Å². The predicted octanol–water partition coefficient (Wildman–Crippen LogP) is -1.13. The van der Waals surface area contributed by atoms with Crippen molar-refractivity contribution in [2.24, 2.45) is 5.73 Å². The third-order valence-electron chi connectivity index (χ3n) is 1.60. The molecule has 0 unspecified atom stereocenters. The van der Waals surface area contributed by atoms with Crippen LogP contribution in [0.1, 0.15) is 12.5 Å². The van der Waals surface area contributed by atoms with Gasteiger partial charge in [-0.2, -0.15) is 14.2 Å². The molecule has 84 valence electrons. The summed E-state index contributed by atoms with van der Waals surface area (Å²) in [5.74, 6) is 0. The van der Waals surface area contributed by atoms with Crippen LogP contribution in [0.2, 0.25) is 4.44 Å². The first kappa shape index (κ1) is 17.3. The second-order valence-electron chi connectivity index (χ2n) is 2.39. The number of hydrogen-bond donors (Lipinski definition) is 1. The predicted molar refractivity (Wildman–Crippen MR) is 62.1 cm³/mol. The Balaban J connectivity index is 0. The largest absolute Gasteiger partial charge is 0.857 e. The third kappa shape index (κ3) is 7.78. The van der Waals surface area contributed by atoms with E-state index in [2.05, 4.69) is 31.2 Å². The van der Waals surface area contributed by atoms with E-state index in [0.29, 0.717) is 6.54 Å². The Morgan fingerprint density at radius 3 is 2.13 bits per heavy atom. The number of nitrogens with two attached hydrogens (primary N) is 1. The van der Waals surface area contributed by atoms with Crippen molar-refractivity contribution in [2.75, 3.05) is 14.2 Å². The molecule has 3 nitrogen and oxygen atoms in total. The monoisotopic (exact) mass is 317 g/mol. The zero-order valence-electron chi connectivity index (χ0n) is 9.62. The summed E-state index contributed by atoms with van der Waals surface area (Å²) >= 11 is -0.282. The van der Waals surface area contributed by atoms with E-state index in [1.165, 1.54) is 10.0 Å². The molecule has 2 N–H and O–H groups in total. The molecule has 0 spiro atoms. The average molecular weight is 316 g/mol. The van der Waals surface area contributed by atoms with Crippen LogP contribution in [0.25, 0.3) is 0 Å². The van der Waals surface area contributed by atoms with Crippen molar-refractivity contribution in [2.45, 2.75) is 17.9 Å². The minimum absolute atomic E-state index is 0.282. The maximum Gasteiger partial charge on any atom is -0.153 e. The van der Waals surface area contributed by atoms with Crippen LogP contribution in [-0.2, 0) is 6.54 Å². The normalized spacial score (nSPS) is 7.60. The average Bonchev–Trinajstić information content (AvgIpc) is 2.35. The van der Waals surface area contributed by atoms with Gasteiger partial charge in [0.1, 0.15) is 0 Å². The van der Waals surface area contributed by atoms with Gasteiger partial charge < -0.3 is 10.2 Å². The van der Waals surface area contributed by atoms with Gasteiger partial charge in [-0.1, -0.05) is 0 Å². The minimum atomic E-state index is -0.282. The number of rotatable bonds is 3. The molecule has 0 fully saturated rings. The maximum absolute atomic E-state index is 8.25. The zero-order chi connectivity index (χ0) is 12.1. The van der Waals surface area contributed by atoms with E-state index in [4.69, 9.17) is 15.9 Å². The molecule has 0 saturated carbocycles. The summed E-state index contributed by atoms with van der Waals surface area (Å²) in [5.41, 5.74) is 6.97. The molecule has 0 aliphatic rings. The molecule has 15 heavy (non-hydrogen) atoms. The molecule has 4 heteroatoms. The van der Waals surface area contributed by atoms with E-state index >= 15 is 0 Å². The Kier molecular flexibility index (Phi) is 16.0. The smallest absolute Gasteiger partial charge is 0.153 e. The van der Waals surface area contributed by atoms with Crippen LogP contribution in [0.3, 0.4) is 0 Å². The SMILES string of the molecule is C[CH2][Sn+2][c]1ccccc1CN.C[O-].C[O-]. The molecule has 1 aromatic carbocycles. The van der Waals surface area contributed by atoms with Gasteiger partial charge in [0, 0.05) is 0 Å². The number of hydrogen-bond acceptors (Lipinski definition) is 3. The standard InChI is InChI=1S/C7H8N.C2H5.2CH3O.Sn/c8-6-7-4-2-1-3-5-7;3*1-2;/h1-4H,6,8H2;1H2,2H3;2*1H3;/q;;2*-1;+2. The van der Waals surface area contributed by atoms with Crippen LogP contribution in [0.5, 0.6) is 0 Å². The second kappa shape index (κ2) is 13.9. The fourth-order valence-electron chi connectivity index (χ4n) is 1.06. The van der Waals surface area contributed by atoms with Crippen LogP contribution in [0, 0.1) is 0 Å². The minimum Gasteiger partial charge on any atom is -0.857 e. The second-order valence-corrected chi connectivity index (χ2v) is 6.96. The van der Waals surface area contributed by atoms with Crippen molar-refractivity contribution in [1.29, 1.82) is 0 Å². The molecular formula is C11H19NO2Sn. The Morgan fingerprint density at radius 1 is 1.13 bits per heavy atom. The van der Waals surface area contributed by atoms with Gasteiger partial charge in [0.05, 0.1) is 0 Å². The maximum atomic E-state index is 8.25. The van der Waals surface area contributed by atoms with Gasteiger partial charge in [0.15, 0.2) is 0 Å². The molecule has 0 radical (unpaired) electrons. The quantitative estimate of drug-likeness (QED) is 0.717. The van der Waals surface area contributed by atoms with Crippen LogP contribution >= 0.6 is 0 Å². The summed E-state index contributed by atoms with van der Waals surface area (Å²) in [6.45, 7) is 2.97. The van der Waals surface area contributed by atoms with E-state index < -0.39 is 0 Å². The molecule has 0 atom stereocenters. The fraction of sp³-hybridized carbons (Fsp3) is 0.455. The van der Waals surface area contributed by atoms with Crippen molar-refractivity contribution in [3.63, 3.8) is 0 Å². The van der Waals surface area contributed by atoms with Crippen molar-refractivity contribution < 1.29 is 10.2 Å². The molecule has 1 rings (SSSR count). The molecule has 0 aliphatic carbocycles. The third-order valence-corrected chi connectivity index (χ3v) is 5.09. The first-order valence-corrected chi connectivity index (χ1v) is 8.16. The van der Waals surface area contributed by atoms with E-state index in [-0.39, 0.29) is 21.1 Å². The molecule has 0 bridgehead atoms. The van der Waals surface area contributed by atoms with Crippen LogP contribution in [0.4, 0.5) is 0 Å². The van der Waals surface area contributed by atoms with Gasteiger partial charge in [0.25, 0.3) is 0 Å². The van der Waals surface area contributed by atoms with Crippen molar-refractivity contribution in [1.82, 2.24) is 0 Å². The van der Waals surface area contributed by atoms with Crippen molar-refractivity contribution >= 4 is 24.7 Å². The van der Waals surface area contributed by atoms with Crippen molar-refractivity contribution in [3.05, 3.63) is 29.8 Å². The molecule has 1 aromatic rings. The Bertz CT molecular complexity index is 232.